The molecule has 3 aromatic rings. The fourth-order valence-electron chi connectivity index (χ4n) is 2.46. The van der Waals surface area contributed by atoms with E-state index in [2.05, 4.69) is 5.10 Å². The molecule has 20 heavy (non-hydrogen) atoms. The predicted octanol–water partition coefficient (Wildman–Crippen LogP) is 1.98. The van der Waals surface area contributed by atoms with Crippen LogP contribution >= 0.6 is 0 Å². The zero-order chi connectivity index (χ0) is 14.4. The van der Waals surface area contributed by atoms with Gasteiger partial charge in [0.1, 0.15) is 11.3 Å². The highest BCUT2D eigenvalue weighted by Crippen LogP contribution is 2.30. The Hall–Kier alpha value is -2.76. The maximum atomic E-state index is 11.3. The van der Waals surface area contributed by atoms with Crippen LogP contribution in [0.25, 0.3) is 22.3 Å². The molecular weight excluding hydrogens is 258 g/mol. The monoisotopic (exact) mass is 271 g/mol. The molecule has 2 N–H and O–H groups in total. The molecule has 0 fully saturated rings. The first-order valence-electron chi connectivity index (χ1n) is 6.03. The fourth-order valence-corrected chi connectivity index (χ4v) is 2.46. The summed E-state index contributed by atoms with van der Waals surface area (Å²) in [7, 11) is 3.56. The highest BCUT2D eigenvalue weighted by atomic mass is 16.4. The lowest BCUT2D eigenvalue weighted by Gasteiger charge is -2.06. The molecule has 0 saturated carbocycles. The number of aromatic hydroxyl groups is 1. The molecule has 0 bridgehead atoms. The minimum Gasteiger partial charge on any atom is -0.508 e. The number of carbonyl (C=O) groups is 1. The van der Waals surface area contributed by atoms with Crippen LogP contribution in [0, 0.1) is 0 Å². The van der Waals surface area contributed by atoms with E-state index in [1.807, 2.05) is 17.7 Å². The van der Waals surface area contributed by atoms with Gasteiger partial charge in [-0.2, -0.15) is 5.10 Å². The molecular formula is C14H13N3O3. The molecule has 0 atom stereocenters. The van der Waals surface area contributed by atoms with Crippen molar-refractivity contribution in [1.82, 2.24) is 14.3 Å². The van der Waals surface area contributed by atoms with E-state index in [1.54, 1.807) is 25.2 Å². The Labute approximate surface area is 114 Å². The van der Waals surface area contributed by atoms with E-state index in [0.29, 0.717) is 5.69 Å². The van der Waals surface area contributed by atoms with E-state index >= 15 is 0 Å². The fraction of sp³-hybridized carbons (Fsp3) is 0.143. The van der Waals surface area contributed by atoms with Crippen molar-refractivity contribution >= 4 is 16.9 Å². The lowest BCUT2D eigenvalue weighted by molar-refractivity contribution is 0.0697. The Morgan fingerprint density at radius 2 is 2.00 bits per heavy atom. The lowest BCUT2D eigenvalue weighted by Crippen LogP contribution is -2.03. The van der Waals surface area contributed by atoms with Gasteiger partial charge >= 0.3 is 5.97 Å². The van der Waals surface area contributed by atoms with Gasteiger partial charge in [0.15, 0.2) is 0 Å². The van der Waals surface area contributed by atoms with Crippen molar-refractivity contribution in [3.8, 4) is 17.1 Å². The Bertz CT molecular complexity index is 830. The van der Waals surface area contributed by atoms with E-state index in [9.17, 15) is 15.0 Å². The number of phenolic OH excluding ortho intramolecular Hbond substituents is 1. The second-order valence-electron chi connectivity index (χ2n) is 4.67. The highest BCUT2D eigenvalue weighted by molar-refractivity contribution is 5.96. The number of aromatic carboxylic acids is 1. The summed E-state index contributed by atoms with van der Waals surface area (Å²) in [5.74, 6) is -0.834. The summed E-state index contributed by atoms with van der Waals surface area (Å²) in [4.78, 5) is 11.3. The third kappa shape index (κ3) is 1.65. The minimum atomic E-state index is -1.01. The third-order valence-electron chi connectivity index (χ3n) is 3.44. The Morgan fingerprint density at radius 3 is 2.70 bits per heavy atom. The predicted molar refractivity (Wildman–Crippen MR) is 73.7 cm³/mol. The second kappa shape index (κ2) is 4.12. The number of hydrogen-bond donors (Lipinski definition) is 2. The van der Waals surface area contributed by atoms with Crippen molar-refractivity contribution in [2.75, 3.05) is 0 Å². The molecule has 0 unspecified atom stereocenters. The number of carboxylic acid groups (broad SMARTS) is 1. The maximum absolute atomic E-state index is 11.3. The van der Waals surface area contributed by atoms with Crippen LogP contribution in [0.4, 0.5) is 0 Å². The van der Waals surface area contributed by atoms with Crippen molar-refractivity contribution < 1.29 is 15.0 Å². The van der Waals surface area contributed by atoms with Gasteiger partial charge in [0, 0.05) is 25.0 Å². The van der Waals surface area contributed by atoms with Gasteiger partial charge in [0.2, 0.25) is 0 Å². The third-order valence-corrected chi connectivity index (χ3v) is 3.44. The first kappa shape index (κ1) is 12.3. The molecule has 0 aliphatic rings. The summed E-state index contributed by atoms with van der Waals surface area (Å²) in [6.07, 6.45) is 1.34. The average molecular weight is 271 g/mol. The van der Waals surface area contributed by atoms with Gasteiger partial charge in [-0.15, -0.1) is 0 Å². The number of fused-ring (bicyclic) bond motifs is 1. The standard InChI is InChI=1S/C14H13N3O3/c1-16-11-4-3-9(18)5-8(11)6-12(16)13-10(14(19)20)7-15-17(13)2/h3-7,18H,1-2H3,(H,19,20). The topological polar surface area (TPSA) is 80.3 Å². The van der Waals surface area contributed by atoms with E-state index in [0.717, 1.165) is 16.6 Å². The van der Waals surface area contributed by atoms with Crippen molar-refractivity contribution in [3.63, 3.8) is 0 Å². The zero-order valence-corrected chi connectivity index (χ0v) is 11.0. The van der Waals surface area contributed by atoms with Gasteiger partial charge in [-0.1, -0.05) is 0 Å². The molecule has 2 heterocycles. The number of rotatable bonds is 2. The van der Waals surface area contributed by atoms with E-state index in [-0.39, 0.29) is 11.3 Å². The largest absolute Gasteiger partial charge is 0.508 e. The lowest BCUT2D eigenvalue weighted by atomic mass is 10.2. The van der Waals surface area contributed by atoms with Crippen LogP contribution in [0.3, 0.4) is 0 Å². The maximum Gasteiger partial charge on any atom is 0.339 e. The Kier molecular flexibility index (Phi) is 2.53. The number of phenols is 1. The molecule has 6 nitrogen and oxygen atoms in total. The van der Waals surface area contributed by atoms with E-state index in [4.69, 9.17) is 0 Å². The molecule has 3 rings (SSSR count). The number of aryl methyl sites for hydroxylation is 2. The van der Waals surface area contributed by atoms with Crippen LogP contribution in [0.5, 0.6) is 5.75 Å². The molecule has 6 heteroatoms. The molecule has 0 spiro atoms. The van der Waals surface area contributed by atoms with Gasteiger partial charge in [-0.05, 0) is 24.3 Å². The Morgan fingerprint density at radius 1 is 1.25 bits per heavy atom. The normalized spacial score (nSPS) is 11.1. The van der Waals surface area contributed by atoms with Crippen molar-refractivity contribution in [2.45, 2.75) is 0 Å². The quantitative estimate of drug-likeness (QED) is 0.747. The van der Waals surface area contributed by atoms with Crippen LogP contribution in [0.2, 0.25) is 0 Å². The number of nitrogens with zero attached hydrogens (tertiary/aromatic N) is 3. The van der Waals surface area contributed by atoms with Crippen molar-refractivity contribution in [3.05, 3.63) is 36.0 Å². The summed E-state index contributed by atoms with van der Waals surface area (Å²) in [6, 6.07) is 6.90. The zero-order valence-electron chi connectivity index (χ0n) is 11.0. The molecule has 0 amide bonds. The summed E-state index contributed by atoms with van der Waals surface area (Å²) >= 11 is 0. The average Bonchev–Trinajstić information content (AvgIpc) is 2.90. The van der Waals surface area contributed by atoms with Crippen molar-refractivity contribution in [2.24, 2.45) is 14.1 Å². The van der Waals surface area contributed by atoms with Crippen LogP contribution in [0.15, 0.2) is 30.5 Å². The van der Waals surface area contributed by atoms with Gasteiger partial charge in [0.25, 0.3) is 0 Å². The summed E-state index contributed by atoms with van der Waals surface area (Å²) in [5, 5.41) is 23.6. The van der Waals surface area contributed by atoms with Crippen molar-refractivity contribution in [1.29, 1.82) is 0 Å². The SMILES string of the molecule is Cn1ncc(C(=O)O)c1-c1cc2cc(O)ccc2n1C. The first-order valence-corrected chi connectivity index (χ1v) is 6.03. The smallest absolute Gasteiger partial charge is 0.339 e. The second-order valence-corrected chi connectivity index (χ2v) is 4.67. The van der Waals surface area contributed by atoms with Gasteiger partial charge in [-0.3, -0.25) is 4.68 Å². The summed E-state index contributed by atoms with van der Waals surface area (Å²) < 4.78 is 3.43. The highest BCUT2D eigenvalue weighted by Gasteiger charge is 2.20. The van der Waals surface area contributed by atoms with Crippen LogP contribution in [-0.2, 0) is 14.1 Å². The Balaban J connectivity index is 2.33. The van der Waals surface area contributed by atoms with E-state index in [1.165, 1.54) is 10.9 Å². The number of aromatic nitrogens is 3. The van der Waals surface area contributed by atoms with Gasteiger partial charge < -0.3 is 14.8 Å². The summed E-state index contributed by atoms with van der Waals surface area (Å²) in [5.41, 5.74) is 2.34. The minimum absolute atomic E-state index is 0.155. The van der Waals surface area contributed by atoms with Crippen LogP contribution < -0.4 is 0 Å². The van der Waals surface area contributed by atoms with Gasteiger partial charge in [0.05, 0.1) is 17.6 Å². The summed E-state index contributed by atoms with van der Waals surface area (Å²) in [6.45, 7) is 0. The molecule has 1 aromatic carbocycles. The van der Waals surface area contributed by atoms with Crippen LogP contribution in [-0.4, -0.2) is 30.5 Å². The van der Waals surface area contributed by atoms with Gasteiger partial charge in [-0.25, -0.2) is 4.79 Å². The molecule has 0 saturated heterocycles. The molecule has 0 aliphatic heterocycles. The van der Waals surface area contributed by atoms with E-state index < -0.39 is 5.97 Å². The first-order chi connectivity index (χ1) is 9.49. The van der Waals surface area contributed by atoms with Crippen LogP contribution in [0.1, 0.15) is 10.4 Å². The number of benzene rings is 1. The number of carboxylic acids is 1. The molecule has 2 aromatic heterocycles. The molecule has 0 radical (unpaired) electrons. The molecule has 102 valence electrons. The molecule has 0 aliphatic carbocycles. The number of hydrogen-bond acceptors (Lipinski definition) is 3.